The molecule has 1 amide bonds. The van der Waals surface area contributed by atoms with Crippen molar-refractivity contribution < 1.29 is 13.2 Å². The van der Waals surface area contributed by atoms with Gasteiger partial charge in [-0.2, -0.15) is 0 Å². The number of sulfonamides is 1. The maximum absolute atomic E-state index is 12.9. The zero-order chi connectivity index (χ0) is 18.9. The largest absolute Gasteiger partial charge is 0.338 e. The first-order chi connectivity index (χ1) is 12.3. The summed E-state index contributed by atoms with van der Waals surface area (Å²) in [4.78, 5) is 19.0. The Morgan fingerprint density at radius 2 is 2.15 bits per heavy atom. The highest BCUT2D eigenvalue weighted by atomic mass is 35.5. The summed E-state index contributed by atoms with van der Waals surface area (Å²) in [5.41, 5.74) is 0.328. The van der Waals surface area contributed by atoms with Crippen molar-refractivity contribution in [2.75, 3.05) is 27.2 Å². The SMILES string of the molecule is CN(C)S(=O)(=O)c1cc(C(=O)N2CCCC(c3nccs3)C2)ccc1Cl. The first-order valence-corrected chi connectivity index (χ1v) is 10.9. The molecule has 0 spiro atoms. The van der Waals surface area contributed by atoms with Gasteiger partial charge in [0.05, 0.1) is 10.0 Å². The van der Waals surface area contributed by atoms with Gasteiger partial charge in [-0.25, -0.2) is 17.7 Å². The Morgan fingerprint density at radius 1 is 1.38 bits per heavy atom. The molecule has 1 unspecified atom stereocenters. The molecule has 26 heavy (non-hydrogen) atoms. The summed E-state index contributed by atoms with van der Waals surface area (Å²) in [6.07, 6.45) is 3.67. The monoisotopic (exact) mass is 413 g/mol. The number of nitrogens with zero attached hydrogens (tertiary/aromatic N) is 3. The normalized spacial score (nSPS) is 18.3. The maximum Gasteiger partial charge on any atom is 0.253 e. The van der Waals surface area contributed by atoms with Gasteiger partial charge >= 0.3 is 0 Å². The van der Waals surface area contributed by atoms with E-state index in [0.717, 1.165) is 22.2 Å². The number of halogens is 1. The number of aromatic nitrogens is 1. The van der Waals surface area contributed by atoms with Gasteiger partial charge in [0.2, 0.25) is 10.0 Å². The Hall–Kier alpha value is -1.48. The van der Waals surface area contributed by atoms with Gasteiger partial charge in [0.1, 0.15) is 4.90 Å². The number of hydrogen-bond donors (Lipinski definition) is 0. The van der Waals surface area contributed by atoms with Crippen molar-refractivity contribution >= 4 is 38.9 Å². The number of hydrogen-bond acceptors (Lipinski definition) is 5. The first-order valence-electron chi connectivity index (χ1n) is 8.21. The van der Waals surface area contributed by atoms with Crippen LogP contribution in [0.2, 0.25) is 5.02 Å². The molecule has 0 radical (unpaired) electrons. The number of rotatable bonds is 4. The Kier molecular flexibility index (Phi) is 5.67. The van der Waals surface area contributed by atoms with Crippen molar-refractivity contribution in [3.8, 4) is 0 Å². The molecule has 0 N–H and O–H groups in total. The van der Waals surface area contributed by atoms with Crippen LogP contribution in [0.5, 0.6) is 0 Å². The molecule has 1 atom stereocenters. The van der Waals surface area contributed by atoms with E-state index in [2.05, 4.69) is 4.98 Å². The fourth-order valence-electron chi connectivity index (χ4n) is 3.01. The van der Waals surface area contributed by atoms with Crippen molar-refractivity contribution in [2.24, 2.45) is 0 Å². The van der Waals surface area contributed by atoms with E-state index in [0.29, 0.717) is 18.7 Å². The molecule has 2 aromatic rings. The molecule has 0 aliphatic carbocycles. The fourth-order valence-corrected chi connectivity index (χ4v) is 5.17. The second-order valence-electron chi connectivity index (χ2n) is 6.39. The Bertz CT molecular complexity index is 898. The van der Waals surface area contributed by atoms with Gasteiger partial charge in [0.25, 0.3) is 5.91 Å². The van der Waals surface area contributed by atoms with Crippen molar-refractivity contribution in [3.63, 3.8) is 0 Å². The van der Waals surface area contributed by atoms with Crippen LogP contribution in [0, 0.1) is 0 Å². The minimum absolute atomic E-state index is 0.0523. The van der Waals surface area contributed by atoms with Crippen LogP contribution in [-0.2, 0) is 10.0 Å². The fraction of sp³-hybridized carbons (Fsp3) is 0.412. The number of thiazole rings is 1. The zero-order valence-electron chi connectivity index (χ0n) is 14.6. The van der Waals surface area contributed by atoms with Crippen LogP contribution in [0.15, 0.2) is 34.7 Å². The van der Waals surface area contributed by atoms with Gasteiger partial charge in [-0.1, -0.05) is 11.6 Å². The van der Waals surface area contributed by atoms with E-state index in [9.17, 15) is 13.2 Å². The minimum Gasteiger partial charge on any atom is -0.338 e. The van der Waals surface area contributed by atoms with Crippen LogP contribution in [0.4, 0.5) is 0 Å². The highest BCUT2D eigenvalue weighted by Gasteiger charge is 2.28. The molecule has 140 valence electrons. The molecule has 1 saturated heterocycles. The minimum atomic E-state index is -3.72. The molecule has 1 aliphatic heterocycles. The van der Waals surface area contributed by atoms with E-state index in [1.54, 1.807) is 28.5 Å². The van der Waals surface area contributed by atoms with Gasteiger partial charge in [-0.05, 0) is 31.0 Å². The third kappa shape index (κ3) is 3.78. The molecule has 3 rings (SSSR count). The lowest BCUT2D eigenvalue weighted by Gasteiger charge is -2.32. The number of carbonyl (C=O) groups is 1. The van der Waals surface area contributed by atoms with E-state index in [1.165, 1.54) is 26.2 Å². The predicted molar refractivity (Wildman–Crippen MR) is 102 cm³/mol. The summed E-state index contributed by atoms with van der Waals surface area (Å²) in [7, 11) is -0.850. The van der Waals surface area contributed by atoms with Crippen LogP contribution in [0.3, 0.4) is 0 Å². The number of benzene rings is 1. The molecular weight excluding hydrogens is 394 g/mol. The second-order valence-corrected chi connectivity index (χ2v) is 9.85. The Morgan fingerprint density at radius 3 is 2.81 bits per heavy atom. The van der Waals surface area contributed by atoms with E-state index in [-0.39, 0.29) is 21.7 Å². The van der Waals surface area contributed by atoms with Gasteiger partial charge in [-0.15, -0.1) is 11.3 Å². The molecule has 0 bridgehead atoms. The van der Waals surface area contributed by atoms with Crippen LogP contribution in [0.1, 0.15) is 34.1 Å². The van der Waals surface area contributed by atoms with Crippen molar-refractivity contribution in [2.45, 2.75) is 23.7 Å². The van der Waals surface area contributed by atoms with Crippen LogP contribution >= 0.6 is 22.9 Å². The molecule has 2 heterocycles. The highest BCUT2D eigenvalue weighted by molar-refractivity contribution is 7.89. The summed E-state index contributed by atoms with van der Waals surface area (Å²) < 4.78 is 25.9. The van der Waals surface area contributed by atoms with Gasteiger partial charge in [0, 0.05) is 50.2 Å². The van der Waals surface area contributed by atoms with Crippen molar-refractivity contribution in [1.29, 1.82) is 0 Å². The summed E-state index contributed by atoms with van der Waals surface area (Å²) >= 11 is 7.67. The quantitative estimate of drug-likeness (QED) is 0.772. The summed E-state index contributed by atoms with van der Waals surface area (Å²) in [6.45, 7) is 1.24. The smallest absolute Gasteiger partial charge is 0.253 e. The molecule has 0 saturated carbocycles. The van der Waals surface area contributed by atoms with Crippen molar-refractivity contribution in [3.05, 3.63) is 45.4 Å². The Balaban J connectivity index is 1.86. The molecular formula is C17H20ClN3O3S2. The second kappa shape index (κ2) is 7.64. The number of likely N-dealkylation sites (tertiary alicyclic amines) is 1. The lowest BCUT2D eigenvalue weighted by atomic mass is 9.98. The number of amides is 1. The topological polar surface area (TPSA) is 70.6 Å². The third-order valence-corrected chi connectivity index (χ3v) is 7.68. The lowest BCUT2D eigenvalue weighted by Crippen LogP contribution is -2.39. The number of piperidine rings is 1. The van der Waals surface area contributed by atoms with Crippen molar-refractivity contribution in [1.82, 2.24) is 14.2 Å². The molecule has 1 aromatic heterocycles. The molecule has 1 aromatic carbocycles. The summed E-state index contributed by atoms with van der Waals surface area (Å²) in [5, 5.41) is 3.08. The lowest BCUT2D eigenvalue weighted by molar-refractivity contribution is 0.0707. The zero-order valence-corrected chi connectivity index (χ0v) is 16.9. The van der Waals surface area contributed by atoms with E-state index in [1.807, 2.05) is 5.38 Å². The molecule has 1 aliphatic rings. The summed E-state index contributed by atoms with van der Waals surface area (Å²) in [5.74, 6) is 0.0445. The van der Waals surface area contributed by atoms with E-state index >= 15 is 0 Å². The average molecular weight is 414 g/mol. The van der Waals surface area contributed by atoms with Crippen LogP contribution in [-0.4, -0.2) is 55.7 Å². The van der Waals surface area contributed by atoms with Crippen LogP contribution < -0.4 is 0 Å². The van der Waals surface area contributed by atoms with Gasteiger partial charge < -0.3 is 4.90 Å². The van der Waals surface area contributed by atoms with E-state index in [4.69, 9.17) is 11.6 Å². The maximum atomic E-state index is 12.9. The predicted octanol–water partition coefficient (Wildman–Crippen LogP) is 3.07. The molecule has 1 fully saturated rings. The van der Waals surface area contributed by atoms with Gasteiger partial charge in [0.15, 0.2) is 0 Å². The third-order valence-electron chi connectivity index (χ3n) is 4.45. The average Bonchev–Trinajstić information content (AvgIpc) is 3.16. The van der Waals surface area contributed by atoms with Crippen LogP contribution in [0.25, 0.3) is 0 Å². The van der Waals surface area contributed by atoms with Gasteiger partial charge in [-0.3, -0.25) is 4.79 Å². The highest BCUT2D eigenvalue weighted by Crippen LogP contribution is 2.30. The molecule has 6 nitrogen and oxygen atoms in total. The standard InChI is InChI=1S/C17H20ClN3O3S2/c1-20(2)26(23,24)15-10-12(5-6-14(15)18)17(22)21-8-3-4-13(11-21)16-19-7-9-25-16/h5-7,9-10,13H,3-4,8,11H2,1-2H3. The summed E-state index contributed by atoms with van der Waals surface area (Å²) in [6, 6.07) is 4.41. The Labute approximate surface area is 162 Å². The molecule has 9 heteroatoms. The number of carbonyl (C=O) groups excluding carboxylic acids is 1. The first kappa shape index (κ1) is 19.3. The van der Waals surface area contributed by atoms with E-state index < -0.39 is 10.0 Å².